The number of hydrogen-bond donors (Lipinski definition) is 1. The third-order valence-electron chi connectivity index (χ3n) is 1.79. The van der Waals surface area contributed by atoms with Gasteiger partial charge in [-0.25, -0.2) is 0 Å². The lowest BCUT2D eigenvalue weighted by Gasteiger charge is -2.00. The summed E-state index contributed by atoms with van der Waals surface area (Å²) < 4.78 is 10.4. The fourth-order valence-electron chi connectivity index (χ4n) is 1.22. The molecule has 0 aliphatic heterocycles. The molecule has 0 atom stereocenters. The Hall–Kier alpha value is -1.71. The Balaban J connectivity index is 2.63. The van der Waals surface area contributed by atoms with Crippen LogP contribution in [-0.4, -0.2) is 11.8 Å². The smallest absolute Gasteiger partial charge is 0.210 e. The summed E-state index contributed by atoms with van der Waals surface area (Å²) in [7, 11) is 0. The summed E-state index contributed by atoms with van der Waals surface area (Å²) in [6, 6.07) is 5.54. The minimum atomic E-state index is 0.400. The maximum Gasteiger partial charge on any atom is 0.210 e. The van der Waals surface area contributed by atoms with Crippen molar-refractivity contribution in [2.75, 3.05) is 12.3 Å². The fourth-order valence-corrected chi connectivity index (χ4v) is 1.22. The minimum absolute atomic E-state index is 0.400. The minimum Gasteiger partial charge on any atom is -0.490 e. The van der Waals surface area contributed by atoms with Gasteiger partial charge in [-0.05, 0) is 19.1 Å². The van der Waals surface area contributed by atoms with Gasteiger partial charge in [-0.2, -0.15) is 0 Å². The second-order valence-electron chi connectivity index (χ2n) is 2.63. The first-order valence-electron chi connectivity index (χ1n) is 4.09. The van der Waals surface area contributed by atoms with Gasteiger partial charge in [-0.15, -0.1) is 0 Å². The predicted molar refractivity (Wildman–Crippen MR) is 49.6 cm³/mol. The molecule has 2 N–H and O–H groups in total. The van der Waals surface area contributed by atoms with E-state index in [9.17, 15) is 0 Å². The van der Waals surface area contributed by atoms with Gasteiger partial charge in [-0.3, -0.25) is 0 Å². The van der Waals surface area contributed by atoms with Gasteiger partial charge in [0.15, 0.2) is 11.6 Å². The summed E-state index contributed by atoms with van der Waals surface area (Å²) in [4.78, 5) is 0. The summed E-state index contributed by atoms with van der Waals surface area (Å²) in [5.41, 5.74) is 6.19. The molecule has 0 bridgehead atoms. The first-order valence-corrected chi connectivity index (χ1v) is 4.09. The lowest BCUT2D eigenvalue weighted by Crippen LogP contribution is -1.91. The van der Waals surface area contributed by atoms with Crippen LogP contribution in [0.25, 0.3) is 11.0 Å². The molecule has 4 nitrogen and oxygen atoms in total. The molecular weight excluding hydrogens is 168 g/mol. The van der Waals surface area contributed by atoms with Gasteiger partial charge in [-0.1, -0.05) is 11.2 Å². The number of nitrogens with two attached hydrogens (primary N) is 1. The number of para-hydroxylation sites is 1. The predicted octanol–water partition coefficient (Wildman–Crippen LogP) is 1.81. The molecule has 68 valence electrons. The van der Waals surface area contributed by atoms with Gasteiger partial charge in [0, 0.05) is 0 Å². The lowest BCUT2D eigenvalue weighted by molar-refractivity contribution is 0.333. The van der Waals surface area contributed by atoms with Crippen LogP contribution in [0.3, 0.4) is 0 Å². The molecular formula is C9H10N2O2. The summed E-state index contributed by atoms with van der Waals surface area (Å²) in [5, 5.41) is 4.46. The largest absolute Gasteiger partial charge is 0.490 e. The summed E-state index contributed by atoms with van der Waals surface area (Å²) in [6.45, 7) is 2.51. The van der Waals surface area contributed by atoms with E-state index in [2.05, 4.69) is 5.16 Å². The molecule has 2 aromatic rings. The number of rotatable bonds is 2. The molecule has 2 rings (SSSR count). The average Bonchev–Trinajstić information content (AvgIpc) is 2.50. The number of ether oxygens (including phenoxy) is 1. The second kappa shape index (κ2) is 2.97. The molecule has 0 amide bonds. The number of fused-ring (bicyclic) bond motifs is 1. The Morgan fingerprint density at radius 2 is 2.38 bits per heavy atom. The maximum absolute atomic E-state index is 5.58. The van der Waals surface area contributed by atoms with Crippen LogP contribution in [0, 0.1) is 0 Å². The van der Waals surface area contributed by atoms with Crippen LogP contribution >= 0.6 is 0 Å². The number of nitrogen functional groups attached to an aromatic ring is 1. The molecule has 0 saturated carbocycles. The van der Waals surface area contributed by atoms with Crippen LogP contribution in [0.4, 0.5) is 5.82 Å². The first-order chi connectivity index (χ1) is 6.33. The van der Waals surface area contributed by atoms with Crippen molar-refractivity contribution < 1.29 is 9.26 Å². The van der Waals surface area contributed by atoms with Crippen molar-refractivity contribution in [1.82, 2.24) is 5.16 Å². The molecule has 4 heteroatoms. The molecule has 0 fully saturated rings. The van der Waals surface area contributed by atoms with E-state index in [1.54, 1.807) is 0 Å². The molecule has 0 radical (unpaired) electrons. The lowest BCUT2D eigenvalue weighted by atomic mass is 10.2. The van der Waals surface area contributed by atoms with Crippen LogP contribution in [-0.2, 0) is 0 Å². The molecule has 0 unspecified atom stereocenters. The van der Waals surface area contributed by atoms with Crippen LogP contribution < -0.4 is 10.5 Å². The molecule has 1 aromatic carbocycles. The van der Waals surface area contributed by atoms with E-state index in [1.165, 1.54) is 0 Å². The van der Waals surface area contributed by atoms with Gasteiger partial charge in [0.2, 0.25) is 5.58 Å². The van der Waals surface area contributed by atoms with E-state index < -0.39 is 0 Å². The van der Waals surface area contributed by atoms with E-state index in [1.807, 2.05) is 25.1 Å². The van der Waals surface area contributed by atoms with Crippen LogP contribution in [0.5, 0.6) is 5.75 Å². The Morgan fingerprint density at radius 3 is 3.15 bits per heavy atom. The summed E-state index contributed by atoms with van der Waals surface area (Å²) >= 11 is 0. The Bertz CT molecular complexity index is 422. The number of hydrogen-bond acceptors (Lipinski definition) is 4. The second-order valence-corrected chi connectivity index (χ2v) is 2.63. The Labute approximate surface area is 75.3 Å². The van der Waals surface area contributed by atoms with Crippen molar-refractivity contribution in [1.29, 1.82) is 0 Å². The average molecular weight is 178 g/mol. The number of nitrogens with zero attached hydrogens (tertiary/aromatic N) is 1. The van der Waals surface area contributed by atoms with E-state index in [0.29, 0.717) is 23.8 Å². The summed E-state index contributed by atoms with van der Waals surface area (Å²) in [6.07, 6.45) is 0. The maximum atomic E-state index is 5.58. The third-order valence-corrected chi connectivity index (χ3v) is 1.79. The van der Waals surface area contributed by atoms with Gasteiger partial charge < -0.3 is 15.0 Å². The van der Waals surface area contributed by atoms with E-state index in [4.69, 9.17) is 15.0 Å². The zero-order valence-corrected chi connectivity index (χ0v) is 7.28. The molecule has 0 aliphatic rings. The highest BCUT2D eigenvalue weighted by Crippen LogP contribution is 2.28. The van der Waals surface area contributed by atoms with Crippen molar-refractivity contribution in [2.45, 2.75) is 6.92 Å². The van der Waals surface area contributed by atoms with Gasteiger partial charge in [0.1, 0.15) is 0 Å². The molecule has 0 saturated heterocycles. The third kappa shape index (κ3) is 1.20. The quantitative estimate of drug-likeness (QED) is 0.761. The van der Waals surface area contributed by atoms with Crippen molar-refractivity contribution >= 4 is 16.8 Å². The van der Waals surface area contributed by atoms with Crippen LogP contribution in [0.15, 0.2) is 22.7 Å². The molecule has 1 aromatic heterocycles. The normalized spacial score (nSPS) is 10.5. The van der Waals surface area contributed by atoms with E-state index in [-0.39, 0.29) is 0 Å². The monoisotopic (exact) mass is 178 g/mol. The Kier molecular flexibility index (Phi) is 1.81. The molecule has 0 spiro atoms. The van der Waals surface area contributed by atoms with Crippen LogP contribution in [0.2, 0.25) is 0 Å². The summed E-state index contributed by atoms with van der Waals surface area (Å²) in [5.74, 6) is 1.08. The van der Waals surface area contributed by atoms with E-state index in [0.717, 1.165) is 5.39 Å². The highest BCUT2D eigenvalue weighted by Gasteiger charge is 2.09. The molecule has 0 aliphatic carbocycles. The van der Waals surface area contributed by atoms with Crippen molar-refractivity contribution in [3.05, 3.63) is 18.2 Å². The molecule has 13 heavy (non-hydrogen) atoms. The van der Waals surface area contributed by atoms with Gasteiger partial charge >= 0.3 is 0 Å². The fraction of sp³-hybridized carbons (Fsp3) is 0.222. The van der Waals surface area contributed by atoms with Crippen molar-refractivity contribution in [3.63, 3.8) is 0 Å². The van der Waals surface area contributed by atoms with Gasteiger partial charge in [0.25, 0.3) is 0 Å². The zero-order chi connectivity index (χ0) is 9.26. The highest BCUT2D eigenvalue weighted by atomic mass is 16.5. The zero-order valence-electron chi connectivity index (χ0n) is 7.28. The topological polar surface area (TPSA) is 61.3 Å². The van der Waals surface area contributed by atoms with Crippen LogP contribution in [0.1, 0.15) is 6.92 Å². The van der Waals surface area contributed by atoms with E-state index >= 15 is 0 Å². The first kappa shape index (κ1) is 7.91. The van der Waals surface area contributed by atoms with Gasteiger partial charge in [0.05, 0.1) is 12.0 Å². The Morgan fingerprint density at radius 1 is 1.54 bits per heavy atom. The standard InChI is InChI=1S/C9H10N2O2/c1-2-12-7-5-3-4-6-8(7)13-11-9(6)10/h3-5H,2H2,1H3,(H2,10,11). The SMILES string of the molecule is CCOc1cccc2c(N)noc12. The number of benzene rings is 1. The van der Waals surface area contributed by atoms with Crippen molar-refractivity contribution in [2.24, 2.45) is 0 Å². The highest BCUT2D eigenvalue weighted by molar-refractivity contribution is 5.90. The van der Waals surface area contributed by atoms with Crippen molar-refractivity contribution in [3.8, 4) is 5.75 Å². The molecule has 1 heterocycles. The number of aromatic nitrogens is 1. The number of anilines is 1.